The smallest absolute Gasteiger partial charge is 0.325 e. The molecule has 1 aromatic carbocycles. The van der Waals surface area contributed by atoms with Gasteiger partial charge in [0.15, 0.2) is 0 Å². The molecule has 0 bridgehead atoms. The fourth-order valence-corrected chi connectivity index (χ4v) is 2.29. The van der Waals surface area contributed by atoms with Crippen LogP contribution in [-0.2, 0) is 4.79 Å². The number of carboxylic acids is 1. The summed E-state index contributed by atoms with van der Waals surface area (Å²) < 4.78 is 0. The third-order valence-electron chi connectivity index (χ3n) is 3.61. The highest BCUT2D eigenvalue weighted by molar-refractivity contribution is 5.75. The summed E-state index contributed by atoms with van der Waals surface area (Å²) in [6, 6.07) is 9.26. The van der Waals surface area contributed by atoms with Crippen molar-refractivity contribution in [1.29, 1.82) is 0 Å². The number of nitrogens with zero attached hydrogens (tertiary/aromatic N) is 1. The molecule has 106 valence electrons. The number of carboxylic acid groups (broad SMARTS) is 1. The summed E-state index contributed by atoms with van der Waals surface area (Å²) in [6.07, 6.45) is 3.06. The summed E-state index contributed by atoms with van der Waals surface area (Å²) in [4.78, 5) is 13.8. The molecule has 0 fully saturated rings. The van der Waals surface area contributed by atoms with Gasteiger partial charge in [0.05, 0.1) is 0 Å². The maximum absolute atomic E-state index is 11.7. The molecule has 0 saturated heterocycles. The van der Waals surface area contributed by atoms with Gasteiger partial charge in [-0.25, -0.2) is 0 Å². The second-order valence-corrected chi connectivity index (χ2v) is 5.00. The molecular formula is C16H25NO2. The Kier molecular flexibility index (Phi) is 6.57. The van der Waals surface area contributed by atoms with Gasteiger partial charge in [0.2, 0.25) is 0 Å². The van der Waals surface area contributed by atoms with E-state index in [4.69, 9.17) is 0 Å². The standard InChI is InChI=1S/C16H25NO2/c1-4-6-12-17(13(3)5-2)15(16(18)19)14-10-8-7-9-11-14/h7-11,13,15H,4-6,12H2,1-3H3,(H,18,19). The van der Waals surface area contributed by atoms with Crippen molar-refractivity contribution in [1.82, 2.24) is 4.90 Å². The first-order chi connectivity index (χ1) is 9.11. The van der Waals surface area contributed by atoms with Gasteiger partial charge in [0, 0.05) is 6.04 Å². The Morgan fingerprint density at radius 3 is 2.37 bits per heavy atom. The van der Waals surface area contributed by atoms with Crippen molar-refractivity contribution >= 4 is 5.97 Å². The highest BCUT2D eigenvalue weighted by atomic mass is 16.4. The zero-order valence-electron chi connectivity index (χ0n) is 12.2. The Balaban J connectivity index is 3.01. The predicted octanol–water partition coefficient (Wildman–Crippen LogP) is 3.71. The van der Waals surface area contributed by atoms with Crippen molar-refractivity contribution in [3.05, 3.63) is 35.9 Å². The molecule has 1 N–H and O–H groups in total. The Bertz CT molecular complexity index is 378. The molecule has 0 aromatic heterocycles. The monoisotopic (exact) mass is 263 g/mol. The van der Waals surface area contributed by atoms with E-state index < -0.39 is 12.0 Å². The topological polar surface area (TPSA) is 40.5 Å². The largest absolute Gasteiger partial charge is 0.480 e. The molecule has 0 aliphatic rings. The Hall–Kier alpha value is -1.35. The van der Waals surface area contributed by atoms with Crippen LogP contribution in [0.25, 0.3) is 0 Å². The van der Waals surface area contributed by atoms with Gasteiger partial charge in [0.25, 0.3) is 0 Å². The molecule has 1 rings (SSSR count). The van der Waals surface area contributed by atoms with Crippen molar-refractivity contribution in [3.63, 3.8) is 0 Å². The second kappa shape index (κ2) is 7.95. The third kappa shape index (κ3) is 4.35. The zero-order valence-corrected chi connectivity index (χ0v) is 12.2. The highest BCUT2D eigenvalue weighted by Crippen LogP contribution is 2.25. The molecule has 3 nitrogen and oxygen atoms in total. The lowest BCUT2D eigenvalue weighted by Gasteiger charge is -2.34. The van der Waals surface area contributed by atoms with Crippen molar-refractivity contribution < 1.29 is 9.90 Å². The molecule has 3 heteroatoms. The SMILES string of the molecule is CCCCN(C(C)CC)C(C(=O)O)c1ccccc1. The van der Waals surface area contributed by atoms with E-state index >= 15 is 0 Å². The van der Waals surface area contributed by atoms with E-state index in [9.17, 15) is 9.90 Å². The lowest BCUT2D eigenvalue weighted by molar-refractivity contribution is -0.144. The molecule has 1 aromatic rings. The van der Waals surface area contributed by atoms with Crippen LogP contribution in [0.3, 0.4) is 0 Å². The molecule has 0 aliphatic carbocycles. The molecule has 0 radical (unpaired) electrons. The average molecular weight is 263 g/mol. The molecule has 0 saturated carbocycles. The summed E-state index contributed by atoms with van der Waals surface area (Å²) >= 11 is 0. The van der Waals surface area contributed by atoms with Crippen LogP contribution in [0.2, 0.25) is 0 Å². The number of hydrogen-bond acceptors (Lipinski definition) is 2. The van der Waals surface area contributed by atoms with E-state index in [1.165, 1.54) is 0 Å². The highest BCUT2D eigenvalue weighted by Gasteiger charge is 2.29. The minimum Gasteiger partial charge on any atom is -0.480 e. The van der Waals surface area contributed by atoms with Gasteiger partial charge in [-0.15, -0.1) is 0 Å². The number of benzene rings is 1. The molecule has 0 aliphatic heterocycles. The number of rotatable bonds is 8. The summed E-state index contributed by atoms with van der Waals surface area (Å²) in [6.45, 7) is 7.17. The van der Waals surface area contributed by atoms with Crippen LogP contribution < -0.4 is 0 Å². The Morgan fingerprint density at radius 1 is 1.26 bits per heavy atom. The molecule has 2 atom stereocenters. The van der Waals surface area contributed by atoms with Crippen LogP contribution in [0, 0.1) is 0 Å². The Morgan fingerprint density at radius 2 is 1.89 bits per heavy atom. The average Bonchev–Trinajstić information content (AvgIpc) is 2.43. The van der Waals surface area contributed by atoms with Crippen LogP contribution in [-0.4, -0.2) is 28.6 Å². The summed E-state index contributed by atoms with van der Waals surface area (Å²) in [5.41, 5.74) is 0.867. The van der Waals surface area contributed by atoms with Gasteiger partial charge in [0.1, 0.15) is 6.04 Å². The normalized spacial score (nSPS) is 14.3. The number of aliphatic carboxylic acids is 1. The van der Waals surface area contributed by atoms with Crippen molar-refractivity contribution in [3.8, 4) is 0 Å². The van der Waals surface area contributed by atoms with E-state index in [0.29, 0.717) is 0 Å². The molecule has 0 spiro atoms. The minimum atomic E-state index is -0.761. The number of unbranched alkanes of at least 4 members (excludes halogenated alkanes) is 1. The number of hydrogen-bond donors (Lipinski definition) is 1. The van der Waals surface area contributed by atoms with Crippen molar-refractivity contribution in [2.45, 2.75) is 52.1 Å². The third-order valence-corrected chi connectivity index (χ3v) is 3.61. The van der Waals surface area contributed by atoms with E-state index in [1.54, 1.807) is 0 Å². The van der Waals surface area contributed by atoms with Gasteiger partial charge in [-0.05, 0) is 31.9 Å². The fraction of sp³-hybridized carbons (Fsp3) is 0.562. The van der Waals surface area contributed by atoms with Gasteiger partial charge in [-0.3, -0.25) is 9.69 Å². The van der Waals surface area contributed by atoms with E-state index in [1.807, 2.05) is 30.3 Å². The van der Waals surface area contributed by atoms with Crippen LogP contribution in [0.4, 0.5) is 0 Å². The summed E-state index contributed by atoms with van der Waals surface area (Å²) in [5.74, 6) is -0.761. The number of carbonyl (C=O) groups is 1. The van der Waals surface area contributed by atoms with Crippen LogP contribution in [0.1, 0.15) is 51.6 Å². The Labute approximate surface area is 116 Å². The molecule has 19 heavy (non-hydrogen) atoms. The van der Waals surface area contributed by atoms with E-state index in [0.717, 1.165) is 31.4 Å². The maximum Gasteiger partial charge on any atom is 0.325 e. The summed E-state index contributed by atoms with van der Waals surface area (Å²) in [7, 11) is 0. The second-order valence-electron chi connectivity index (χ2n) is 5.00. The van der Waals surface area contributed by atoms with Crippen LogP contribution >= 0.6 is 0 Å². The minimum absolute atomic E-state index is 0.271. The first-order valence-electron chi connectivity index (χ1n) is 7.15. The van der Waals surface area contributed by atoms with Crippen LogP contribution in [0.5, 0.6) is 0 Å². The first-order valence-corrected chi connectivity index (χ1v) is 7.15. The quantitative estimate of drug-likeness (QED) is 0.777. The van der Waals surface area contributed by atoms with Crippen molar-refractivity contribution in [2.24, 2.45) is 0 Å². The molecular weight excluding hydrogens is 238 g/mol. The summed E-state index contributed by atoms with van der Waals surface area (Å²) in [5, 5.41) is 9.60. The zero-order chi connectivity index (χ0) is 14.3. The van der Waals surface area contributed by atoms with Gasteiger partial charge >= 0.3 is 5.97 Å². The lowest BCUT2D eigenvalue weighted by atomic mass is 10.0. The van der Waals surface area contributed by atoms with Gasteiger partial charge in [-0.2, -0.15) is 0 Å². The van der Waals surface area contributed by atoms with Crippen molar-refractivity contribution in [2.75, 3.05) is 6.54 Å². The first kappa shape index (κ1) is 15.7. The molecule has 0 amide bonds. The van der Waals surface area contributed by atoms with E-state index in [-0.39, 0.29) is 6.04 Å². The van der Waals surface area contributed by atoms with Crippen LogP contribution in [0.15, 0.2) is 30.3 Å². The predicted molar refractivity (Wildman–Crippen MR) is 78.2 cm³/mol. The van der Waals surface area contributed by atoms with Gasteiger partial charge in [-0.1, -0.05) is 50.6 Å². The van der Waals surface area contributed by atoms with E-state index in [2.05, 4.69) is 25.7 Å². The maximum atomic E-state index is 11.7. The molecule has 0 heterocycles. The lowest BCUT2D eigenvalue weighted by Crippen LogP contribution is -2.40. The fourth-order valence-electron chi connectivity index (χ4n) is 2.29. The van der Waals surface area contributed by atoms with Gasteiger partial charge < -0.3 is 5.11 Å². The molecule has 2 unspecified atom stereocenters.